The Kier molecular flexibility index (Phi) is 6.24. The van der Waals surface area contributed by atoms with Crippen LogP contribution in [-0.4, -0.2) is 58.5 Å². The molecule has 3 amide bonds. The van der Waals surface area contributed by atoms with Gasteiger partial charge in [-0.2, -0.15) is 0 Å². The van der Waals surface area contributed by atoms with Crippen molar-refractivity contribution < 1.29 is 27.9 Å². The Morgan fingerprint density at radius 3 is 2.21 bits per heavy atom. The number of amides is 3. The normalized spacial score (nSPS) is 19.2. The minimum atomic E-state index is -1.42. The molecule has 2 aromatic carbocycles. The Bertz CT molecular complexity index is 1480. The number of hydrogen-bond acceptors (Lipinski definition) is 7. The first kappa shape index (κ1) is 24.8. The number of anilines is 2. The second-order valence-electron chi connectivity index (χ2n) is 8.94. The standard InChI is InChI=1S/C27H21F2N5O4/c1-27-10-11-32(22-20(28)12-18(13-21(22)29)9-8-17-6-4-3-5-7-17)16-33(27)23(35)24(36)34(25(27)37)19-14-30-26(38-2)31-15-19/h3-7,12-15H,10-11,16H2,1-2H3/t27-/m0/s1. The quantitative estimate of drug-likeness (QED) is 0.299. The number of fused-ring (bicyclic) bond motifs is 1. The van der Waals surface area contributed by atoms with Crippen LogP contribution in [0.5, 0.6) is 6.01 Å². The molecule has 3 aromatic rings. The van der Waals surface area contributed by atoms with E-state index in [0.717, 1.165) is 21.9 Å². The molecule has 5 rings (SSSR count). The number of piperazine rings is 1. The summed E-state index contributed by atoms with van der Waals surface area (Å²) in [6.45, 7) is 1.21. The summed E-state index contributed by atoms with van der Waals surface area (Å²) in [5.74, 6) is 1.09. The highest BCUT2D eigenvalue weighted by Crippen LogP contribution is 2.37. The van der Waals surface area contributed by atoms with E-state index in [4.69, 9.17) is 4.74 Å². The Morgan fingerprint density at radius 2 is 1.58 bits per heavy atom. The molecular formula is C27H21F2N5O4. The van der Waals surface area contributed by atoms with Crippen LogP contribution in [0.25, 0.3) is 0 Å². The van der Waals surface area contributed by atoms with Crippen molar-refractivity contribution in [2.24, 2.45) is 0 Å². The minimum absolute atomic E-state index is 0.0155. The van der Waals surface area contributed by atoms with Crippen LogP contribution in [0, 0.1) is 23.5 Å². The van der Waals surface area contributed by atoms with Crippen LogP contribution in [-0.2, 0) is 14.4 Å². The highest BCUT2D eigenvalue weighted by Gasteiger charge is 2.56. The van der Waals surface area contributed by atoms with Crippen molar-refractivity contribution in [3.05, 3.63) is 77.6 Å². The number of methoxy groups -OCH3 is 1. The van der Waals surface area contributed by atoms with Crippen molar-refractivity contribution in [3.63, 3.8) is 0 Å². The van der Waals surface area contributed by atoms with Gasteiger partial charge in [0.25, 0.3) is 5.91 Å². The second-order valence-corrected chi connectivity index (χ2v) is 8.94. The summed E-state index contributed by atoms with van der Waals surface area (Å²) in [4.78, 5) is 50.4. The predicted octanol–water partition coefficient (Wildman–Crippen LogP) is 2.49. The predicted molar refractivity (Wildman–Crippen MR) is 132 cm³/mol. The third kappa shape index (κ3) is 4.20. The molecule has 2 aliphatic rings. The average Bonchev–Trinajstić information content (AvgIpc) is 2.92. The average molecular weight is 517 g/mol. The Labute approximate surface area is 216 Å². The Morgan fingerprint density at radius 1 is 0.947 bits per heavy atom. The maximum absolute atomic E-state index is 15.1. The number of aromatic nitrogens is 2. The fourth-order valence-corrected chi connectivity index (χ4v) is 4.49. The van der Waals surface area contributed by atoms with Gasteiger partial charge < -0.3 is 14.5 Å². The summed E-state index contributed by atoms with van der Waals surface area (Å²) in [6.07, 6.45) is 2.43. The summed E-state index contributed by atoms with van der Waals surface area (Å²) in [6, 6.07) is 11.3. The number of carbonyl (C=O) groups excluding carboxylic acids is 3. The van der Waals surface area contributed by atoms with Gasteiger partial charge in [-0.05, 0) is 37.6 Å². The fourth-order valence-electron chi connectivity index (χ4n) is 4.49. The van der Waals surface area contributed by atoms with Crippen LogP contribution in [0.15, 0.2) is 54.9 Å². The summed E-state index contributed by atoms with van der Waals surface area (Å²) in [5.41, 5.74) is -0.931. The van der Waals surface area contributed by atoms with Gasteiger partial charge in [0.2, 0.25) is 0 Å². The number of benzene rings is 2. The van der Waals surface area contributed by atoms with Gasteiger partial charge in [0.1, 0.15) is 11.2 Å². The SMILES string of the molecule is COc1ncc(N2C(=O)C(=O)N3CN(c4c(F)cc(C#Cc5ccccc5)cc4F)CC[C@@]3(C)C2=O)cn1. The Hall–Kier alpha value is -4.85. The highest BCUT2D eigenvalue weighted by atomic mass is 19.1. The van der Waals surface area contributed by atoms with Crippen LogP contribution in [0.1, 0.15) is 24.5 Å². The number of imide groups is 1. The van der Waals surface area contributed by atoms with E-state index < -0.39 is 34.9 Å². The van der Waals surface area contributed by atoms with Gasteiger partial charge in [0.15, 0.2) is 11.6 Å². The van der Waals surface area contributed by atoms with Gasteiger partial charge in [-0.15, -0.1) is 0 Å². The monoisotopic (exact) mass is 517 g/mol. The smallest absolute Gasteiger partial charge is 0.323 e. The van der Waals surface area contributed by atoms with E-state index in [9.17, 15) is 14.4 Å². The van der Waals surface area contributed by atoms with Crippen molar-refractivity contribution in [1.29, 1.82) is 0 Å². The largest absolute Gasteiger partial charge is 0.467 e. The van der Waals surface area contributed by atoms with Crippen LogP contribution in [0.2, 0.25) is 0 Å². The number of ether oxygens (including phenoxy) is 1. The van der Waals surface area contributed by atoms with E-state index in [-0.39, 0.29) is 42.6 Å². The topological polar surface area (TPSA) is 95.9 Å². The molecule has 0 aliphatic carbocycles. The van der Waals surface area contributed by atoms with Gasteiger partial charge in [0, 0.05) is 17.7 Å². The zero-order valence-corrected chi connectivity index (χ0v) is 20.4. The van der Waals surface area contributed by atoms with E-state index >= 15 is 8.78 Å². The first-order chi connectivity index (χ1) is 18.2. The number of hydrogen-bond donors (Lipinski definition) is 0. The molecule has 0 radical (unpaired) electrons. The van der Waals surface area contributed by atoms with E-state index in [1.807, 2.05) is 6.07 Å². The van der Waals surface area contributed by atoms with Crippen molar-refractivity contribution in [1.82, 2.24) is 14.9 Å². The third-order valence-corrected chi connectivity index (χ3v) is 6.58. The molecule has 0 N–H and O–H groups in total. The van der Waals surface area contributed by atoms with Crippen molar-refractivity contribution in [2.75, 3.05) is 30.1 Å². The molecule has 1 aromatic heterocycles. The summed E-state index contributed by atoms with van der Waals surface area (Å²) in [7, 11) is 1.36. The molecule has 3 heterocycles. The number of nitrogens with zero attached hydrogens (tertiary/aromatic N) is 5. The lowest BCUT2D eigenvalue weighted by Gasteiger charge is -2.51. The van der Waals surface area contributed by atoms with E-state index in [1.54, 1.807) is 24.3 Å². The molecule has 0 saturated carbocycles. The number of rotatable bonds is 3. The maximum Gasteiger partial charge on any atom is 0.323 e. The molecule has 192 valence electrons. The molecule has 9 nitrogen and oxygen atoms in total. The zero-order valence-electron chi connectivity index (χ0n) is 20.4. The summed E-state index contributed by atoms with van der Waals surface area (Å²) < 4.78 is 35.1. The van der Waals surface area contributed by atoms with Crippen LogP contribution in [0.4, 0.5) is 20.2 Å². The van der Waals surface area contributed by atoms with Gasteiger partial charge in [0.05, 0.1) is 31.9 Å². The minimum Gasteiger partial charge on any atom is -0.467 e. The van der Waals surface area contributed by atoms with Crippen LogP contribution < -0.4 is 14.5 Å². The molecule has 2 aliphatic heterocycles. The molecule has 11 heteroatoms. The van der Waals surface area contributed by atoms with Crippen molar-refractivity contribution in [2.45, 2.75) is 18.9 Å². The van der Waals surface area contributed by atoms with E-state index in [0.29, 0.717) is 5.56 Å². The van der Waals surface area contributed by atoms with Crippen LogP contribution >= 0.6 is 0 Å². The molecule has 0 bridgehead atoms. The van der Waals surface area contributed by atoms with Crippen molar-refractivity contribution in [3.8, 4) is 17.9 Å². The van der Waals surface area contributed by atoms with Crippen LogP contribution in [0.3, 0.4) is 0 Å². The molecule has 38 heavy (non-hydrogen) atoms. The molecule has 0 spiro atoms. The van der Waals surface area contributed by atoms with Gasteiger partial charge in [-0.3, -0.25) is 14.4 Å². The maximum atomic E-state index is 15.1. The van der Waals surface area contributed by atoms with E-state index in [1.165, 1.54) is 31.3 Å². The molecule has 2 fully saturated rings. The fraction of sp³-hybridized carbons (Fsp3) is 0.222. The zero-order chi connectivity index (χ0) is 27.0. The number of carbonyl (C=O) groups is 3. The number of halogens is 2. The van der Waals surface area contributed by atoms with E-state index in [2.05, 4.69) is 21.8 Å². The van der Waals surface area contributed by atoms with Gasteiger partial charge in [-0.25, -0.2) is 23.6 Å². The summed E-state index contributed by atoms with van der Waals surface area (Å²) >= 11 is 0. The van der Waals surface area contributed by atoms with Crippen molar-refractivity contribution >= 4 is 29.1 Å². The third-order valence-electron chi connectivity index (χ3n) is 6.58. The first-order valence-corrected chi connectivity index (χ1v) is 11.6. The first-order valence-electron chi connectivity index (χ1n) is 11.6. The van der Waals surface area contributed by atoms with Gasteiger partial charge >= 0.3 is 17.8 Å². The lowest BCUT2D eigenvalue weighted by atomic mass is 9.88. The lowest BCUT2D eigenvalue weighted by Crippen LogP contribution is -2.73. The molecule has 1 atom stereocenters. The molecular weight excluding hydrogens is 496 g/mol. The lowest BCUT2D eigenvalue weighted by molar-refractivity contribution is -0.160. The molecule has 0 unspecified atom stereocenters. The molecule has 2 saturated heterocycles. The second kappa shape index (κ2) is 9.55. The Balaban J connectivity index is 1.41. The summed E-state index contributed by atoms with van der Waals surface area (Å²) in [5, 5.41) is 0. The highest BCUT2D eigenvalue weighted by molar-refractivity contribution is 6.48. The van der Waals surface area contributed by atoms with Gasteiger partial charge in [-0.1, -0.05) is 30.0 Å².